The van der Waals surface area contributed by atoms with Crippen LogP contribution in [-0.4, -0.2) is 4.98 Å². The number of benzene rings is 1. The topological polar surface area (TPSA) is 24.9 Å². The van der Waals surface area contributed by atoms with Crippen LogP contribution in [0.3, 0.4) is 0 Å². The van der Waals surface area contributed by atoms with Crippen LogP contribution < -0.4 is 5.32 Å². The normalized spacial score (nSPS) is 17.9. The fraction of sp³-hybridized carbons (Fsp3) is 0.154. The fourth-order valence-electron chi connectivity index (χ4n) is 2.14. The molecule has 3 rings (SSSR count). The van der Waals surface area contributed by atoms with Crippen LogP contribution in [0, 0.1) is 0 Å². The average Bonchev–Trinajstić information content (AvgIpc) is 2.76. The minimum absolute atomic E-state index is 0.317. The standard InChI is InChI=1S/C13H11ClN2/c14-11-3-1-2-10-8-12(16-13(10)11)9-4-6-15-7-5-9/h1-7,12,16H,8H2. The van der Waals surface area contributed by atoms with Crippen LogP contribution in [0.5, 0.6) is 0 Å². The first kappa shape index (κ1) is 9.67. The molecule has 0 fully saturated rings. The van der Waals surface area contributed by atoms with Gasteiger partial charge in [-0.05, 0) is 35.7 Å². The van der Waals surface area contributed by atoms with E-state index in [0.717, 1.165) is 17.1 Å². The zero-order chi connectivity index (χ0) is 11.0. The Balaban J connectivity index is 1.94. The number of aromatic nitrogens is 1. The van der Waals surface area contributed by atoms with Gasteiger partial charge in [0.25, 0.3) is 0 Å². The molecule has 2 nitrogen and oxygen atoms in total. The lowest BCUT2D eigenvalue weighted by molar-refractivity contribution is 0.821. The molecular formula is C13H11ClN2. The Labute approximate surface area is 99.3 Å². The Bertz CT molecular complexity index is 511. The summed E-state index contributed by atoms with van der Waals surface area (Å²) in [5, 5.41) is 4.26. The van der Waals surface area contributed by atoms with Crippen molar-refractivity contribution in [3.8, 4) is 0 Å². The number of rotatable bonds is 1. The van der Waals surface area contributed by atoms with Gasteiger partial charge < -0.3 is 5.32 Å². The Morgan fingerprint density at radius 2 is 2.00 bits per heavy atom. The van der Waals surface area contributed by atoms with E-state index in [9.17, 15) is 0 Å². The van der Waals surface area contributed by atoms with Gasteiger partial charge >= 0.3 is 0 Å². The summed E-state index contributed by atoms with van der Waals surface area (Å²) in [6, 6.07) is 10.4. The van der Waals surface area contributed by atoms with Crippen LogP contribution in [0.15, 0.2) is 42.7 Å². The summed E-state index contributed by atoms with van der Waals surface area (Å²) in [5.74, 6) is 0. The lowest BCUT2D eigenvalue weighted by Gasteiger charge is -2.11. The van der Waals surface area contributed by atoms with Crippen molar-refractivity contribution in [2.45, 2.75) is 12.5 Å². The van der Waals surface area contributed by atoms with Crippen molar-refractivity contribution in [2.75, 3.05) is 5.32 Å². The molecule has 1 N–H and O–H groups in total. The smallest absolute Gasteiger partial charge is 0.0640 e. The van der Waals surface area contributed by atoms with Crippen LogP contribution in [0.1, 0.15) is 17.2 Å². The highest BCUT2D eigenvalue weighted by atomic mass is 35.5. The molecule has 3 heteroatoms. The molecule has 0 saturated carbocycles. The number of fused-ring (bicyclic) bond motifs is 1. The number of para-hydroxylation sites is 1. The zero-order valence-electron chi connectivity index (χ0n) is 8.65. The molecule has 1 aliphatic rings. The zero-order valence-corrected chi connectivity index (χ0v) is 9.41. The summed E-state index contributed by atoms with van der Waals surface area (Å²) >= 11 is 6.15. The van der Waals surface area contributed by atoms with Crippen molar-refractivity contribution in [1.29, 1.82) is 0 Å². The molecule has 0 amide bonds. The van der Waals surface area contributed by atoms with Crippen LogP contribution >= 0.6 is 11.6 Å². The maximum atomic E-state index is 6.15. The molecule has 80 valence electrons. The first-order chi connectivity index (χ1) is 7.84. The van der Waals surface area contributed by atoms with Gasteiger partial charge in [0, 0.05) is 12.4 Å². The molecular weight excluding hydrogens is 220 g/mol. The lowest BCUT2D eigenvalue weighted by Crippen LogP contribution is -2.05. The molecule has 1 atom stereocenters. The molecule has 1 unspecified atom stereocenters. The average molecular weight is 231 g/mol. The van der Waals surface area contributed by atoms with Gasteiger partial charge in [-0.15, -0.1) is 0 Å². The molecule has 0 bridgehead atoms. The Morgan fingerprint density at radius 3 is 2.75 bits per heavy atom. The van der Waals surface area contributed by atoms with Crippen LogP contribution in [0.4, 0.5) is 5.69 Å². The number of nitrogens with zero attached hydrogens (tertiary/aromatic N) is 1. The van der Waals surface area contributed by atoms with Gasteiger partial charge in [0.15, 0.2) is 0 Å². The molecule has 1 aliphatic heterocycles. The summed E-state index contributed by atoms with van der Waals surface area (Å²) < 4.78 is 0. The monoisotopic (exact) mass is 230 g/mol. The summed E-state index contributed by atoms with van der Waals surface area (Å²) in [6.45, 7) is 0. The molecule has 16 heavy (non-hydrogen) atoms. The van der Waals surface area contributed by atoms with E-state index in [0.29, 0.717) is 6.04 Å². The van der Waals surface area contributed by atoms with E-state index < -0.39 is 0 Å². The van der Waals surface area contributed by atoms with Crippen molar-refractivity contribution in [3.63, 3.8) is 0 Å². The third-order valence-electron chi connectivity index (χ3n) is 2.95. The minimum Gasteiger partial charge on any atom is -0.376 e. The van der Waals surface area contributed by atoms with E-state index in [1.54, 1.807) is 0 Å². The maximum absolute atomic E-state index is 6.15. The van der Waals surface area contributed by atoms with Crippen LogP contribution in [0.2, 0.25) is 5.02 Å². The Kier molecular flexibility index (Phi) is 2.29. The molecule has 2 heterocycles. The van der Waals surface area contributed by atoms with Gasteiger partial charge in [0.2, 0.25) is 0 Å². The van der Waals surface area contributed by atoms with Crippen LogP contribution in [-0.2, 0) is 6.42 Å². The molecule has 0 spiro atoms. The van der Waals surface area contributed by atoms with Gasteiger partial charge in [-0.25, -0.2) is 0 Å². The molecule has 1 aromatic carbocycles. The number of halogens is 1. The SMILES string of the molecule is Clc1cccc2c1NC(c1ccncc1)C2. The van der Waals surface area contributed by atoms with E-state index >= 15 is 0 Å². The molecule has 1 aromatic heterocycles. The molecule has 2 aromatic rings. The third kappa shape index (κ3) is 1.55. The second-order valence-electron chi connectivity index (χ2n) is 3.96. The van der Waals surface area contributed by atoms with Gasteiger partial charge in [-0.3, -0.25) is 4.98 Å². The minimum atomic E-state index is 0.317. The van der Waals surface area contributed by atoms with E-state index in [2.05, 4.69) is 16.4 Å². The largest absolute Gasteiger partial charge is 0.376 e. The number of nitrogens with one attached hydrogen (secondary N) is 1. The predicted molar refractivity (Wildman–Crippen MR) is 65.8 cm³/mol. The second kappa shape index (κ2) is 3.80. The lowest BCUT2D eigenvalue weighted by atomic mass is 10.0. The Morgan fingerprint density at radius 1 is 1.19 bits per heavy atom. The van der Waals surface area contributed by atoms with Crippen LogP contribution in [0.25, 0.3) is 0 Å². The number of hydrogen-bond acceptors (Lipinski definition) is 2. The highest BCUT2D eigenvalue weighted by Gasteiger charge is 2.23. The van der Waals surface area contributed by atoms with E-state index in [1.165, 1.54) is 11.1 Å². The van der Waals surface area contributed by atoms with E-state index in [1.807, 2.05) is 36.7 Å². The second-order valence-corrected chi connectivity index (χ2v) is 4.36. The summed E-state index contributed by atoms with van der Waals surface area (Å²) in [6.07, 6.45) is 4.63. The first-order valence-corrected chi connectivity index (χ1v) is 5.66. The molecule has 0 aliphatic carbocycles. The Hall–Kier alpha value is -1.54. The van der Waals surface area contributed by atoms with Crippen molar-refractivity contribution in [2.24, 2.45) is 0 Å². The number of pyridine rings is 1. The van der Waals surface area contributed by atoms with Crippen molar-refractivity contribution >= 4 is 17.3 Å². The molecule has 0 saturated heterocycles. The van der Waals surface area contributed by atoms with Crippen molar-refractivity contribution in [1.82, 2.24) is 4.98 Å². The summed E-state index contributed by atoms with van der Waals surface area (Å²) in [5.41, 5.74) is 3.61. The first-order valence-electron chi connectivity index (χ1n) is 5.28. The quantitative estimate of drug-likeness (QED) is 0.812. The van der Waals surface area contributed by atoms with E-state index in [-0.39, 0.29) is 0 Å². The summed E-state index contributed by atoms with van der Waals surface area (Å²) in [4.78, 5) is 4.03. The van der Waals surface area contributed by atoms with Crippen molar-refractivity contribution in [3.05, 3.63) is 58.9 Å². The fourth-order valence-corrected chi connectivity index (χ4v) is 2.39. The number of hydrogen-bond donors (Lipinski definition) is 1. The highest BCUT2D eigenvalue weighted by Crippen LogP contribution is 2.38. The predicted octanol–water partition coefficient (Wildman–Crippen LogP) is 3.44. The third-order valence-corrected chi connectivity index (χ3v) is 3.27. The molecule has 0 radical (unpaired) electrons. The number of anilines is 1. The van der Waals surface area contributed by atoms with Gasteiger partial charge in [0.1, 0.15) is 0 Å². The van der Waals surface area contributed by atoms with Gasteiger partial charge in [-0.2, -0.15) is 0 Å². The van der Waals surface area contributed by atoms with Gasteiger partial charge in [-0.1, -0.05) is 23.7 Å². The maximum Gasteiger partial charge on any atom is 0.0640 e. The van der Waals surface area contributed by atoms with Crippen molar-refractivity contribution < 1.29 is 0 Å². The van der Waals surface area contributed by atoms with Gasteiger partial charge in [0.05, 0.1) is 16.8 Å². The highest BCUT2D eigenvalue weighted by molar-refractivity contribution is 6.33. The van der Waals surface area contributed by atoms with E-state index in [4.69, 9.17) is 11.6 Å². The summed E-state index contributed by atoms with van der Waals surface area (Å²) in [7, 11) is 0.